The predicted octanol–water partition coefficient (Wildman–Crippen LogP) is 3.83. The largest absolute Gasteiger partial charge is 0.462 e. The van der Waals surface area contributed by atoms with Crippen LogP contribution in [0.5, 0.6) is 0 Å². The summed E-state index contributed by atoms with van der Waals surface area (Å²) in [5.74, 6) is -1.09. The SMILES string of the molecule is CCOC(=O)c1cccc(NC(=O)Cn2c(C)cc(C)c(S(=O)(=O)c3ccc(Cl)s3)c2=O)c1. The Kier molecular flexibility index (Phi) is 7.41. The molecule has 33 heavy (non-hydrogen) atoms. The summed E-state index contributed by atoms with van der Waals surface area (Å²) in [6.07, 6.45) is 0. The second kappa shape index (κ2) is 9.90. The number of nitrogens with one attached hydrogen (secondary N) is 1. The van der Waals surface area contributed by atoms with E-state index in [0.29, 0.717) is 11.4 Å². The molecule has 1 N–H and O–H groups in total. The van der Waals surface area contributed by atoms with E-state index in [1.807, 2.05) is 0 Å². The number of benzene rings is 1. The molecule has 0 unspecified atom stereocenters. The lowest BCUT2D eigenvalue weighted by Crippen LogP contribution is -2.33. The number of aromatic nitrogens is 1. The van der Waals surface area contributed by atoms with E-state index < -0.39 is 38.7 Å². The third kappa shape index (κ3) is 5.35. The lowest BCUT2D eigenvalue weighted by atomic mass is 10.2. The van der Waals surface area contributed by atoms with Crippen LogP contribution in [0, 0.1) is 13.8 Å². The van der Waals surface area contributed by atoms with E-state index in [-0.39, 0.29) is 26.3 Å². The molecule has 2 heterocycles. The summed E-state index contributed by atoms with van der Waals surface area (Å²) in [5.41, 5.74) is 0.509. The minimum atomic E-state index is -4.12. The Morgan fingerprint density at radius 2 is 1.88 bits per heavy atom. The van der Waals surface area contributed by atoms with Gasteiger partial charge < -0.3 is 14.6 Å². The van der Waals surface area contributed by atoms with Gasteiger partial charge in [0.15, 0.2) is 0 Å². The number of carbonyl (C=O) groups excluding carboxylic acids is 2. The number of hydrogen-bond donors (Lipinski definition) is 1. The Bertz CT molecular complexity index is 1390. The van der Waals surface area contributed by atoms with Crippen molar-refractivity contribution in [3.8, 4) is 0 Å². The zero-order valence-electron chi connectivity index (χ0n) is 18.0. The van der Waals surface area contributed by atoms with Crippen molar-refractivity contribution in [2.75, 3.05) is 11.9 Å². The normalized spacial score (nSPS) is 11.3. The van der Waals surface area contributed by atoms with Crippen LogP contribution >= 0.6 is 22.9 Å². The molecule has 0 aliphatic rings. The first-order valence-electron chi connectivity index (χ1n) is 9.83. The second-order valence-electron chi connectivity index (χ2n) is 7.10. The summed E-state index contributed by atoms with van der Waals surface area (Å²) < 4.78 is 32.4. The highest BCUT2D eigenvalue weighted by Crippen LogP contribution is 2.30. The first kappa shape index (κ1) is 24.7. The van der Waals surface area contributed by atoms with Gasteiger partial charge in [-0.25, -0.2) is 13.2 Å². The van der Waals surface area contributed by atoms with Crippen LogP contribution in [0.15, 0.2) is 56.4 Å². The average Bonchev–Trinajstić information content (AvgIpc) is 3.18. The average molecular weight is 509 g/mol. The summed E-state index contributed by atoms with van der Waals surface area (Å²) in [6, 6.07) is 10.5. The van der Waals surface area contributed by atoms with E-state index in [4.69, 9.17) is 16.3 Å². The zero-order valence-corrected chi connectivity index (χ0v) is 20.4. The molecule has 0 saturated carbocycles. The molecule has 0 bridgehead atoms. The van der Waals surface area contributed by atoms with Gasteiger partial charge in [0.1, 0.15) is 15.6 Å². The highest BCUT2D eigenvalue weighted by atomic mass is 35.5. The van der Waals surface area contributed by atoms with Crippen LogP contribution in [0.25, 0.3) is 0 Å². The number of anilines is 1. The number of nitrogens with zero attached hydrogens (tertiary/aromatic N) is 1. The maximum absolute atomic E-state index is 13.2. The molecule has 3 aromatic rings. The lowest BCUT2D eigenvalue weighted by molar-refractivity contribution is -0.116. The van der Waals surface area contributed by atoms with Gasteiger partial charge in [-0.2, -0.15) is 0 Å². The highest BCUT2D eigenvalue weighted by molar-refractivity contribution is 7.93. The molecule has 1 aromatic carbocycles. The van der Waals surface area contributed by atoms with Gasteiger partial charge in [-0.05, 0) is 62.7 Å². The molecule has 1 amide bonds. The number of aryl methyl sites for hydroxylation is 2. The summed E-state index contributed by atoms with van der Waals surface area (Å²) in [5, 5.41) is 2.62. The lowest BCUT2D eigenvalue weighted by Gasteiger charge is -2.14. The molecular formula is C22H21ClN2O6S2. The van der Waals surface area contributed by atoms with Crippen molar-refractivity contribution >= 4 is 50.3 Å². The quantitative estimate of drug-likeness (QED) is 0.485. The van der Waals surface area contributed by atoms with Crippen LogP contribution in [0.4, 0.5) is 5.69 Å². The minimum absolute atomic E-state index is 0.0525. The van der Waals surface area contributed by atoms with Crippen LogP contribution in [-0.2, 0) is 25.9 Å². The molecule has 0 atom stereocenters. The summed E-state index contributed by atoms with van der Waals surface area (Å²) in [7, 11) is -4.12. The number of esters is 1. The topological polar surface area (TPSA) is 112 Å². The smallest absolute Gasteiger partial charge is 0.338 e. The van der Waals surface area contributed by atoms with Crippen LogP contribution in [-0.4, -0.2) is 31.5 Å². The number of rotatable bonds is 7. The van der Waals surface area contributed by atoms with Crippen molar-refractivity contribution in [3.05, 3.63) is 74.0 Å². The van der Waals surface area contributed by atoms with E-state index in [9.17, 15) is 22.8 Å². The molecule has 11 heteroatoms. The number of hydrogen-bond acceptors (Lipinski definition) is 7. The first-order valence-corrected chi connectivity index (χ1v) is 12.5. The van der Waals surface area contributed by atoms with Crippen LogP contribution in [0.2, 0.25) is 4.34 Å². The first-order chi connectivity index (χ1) is 15.5. The zero-order chi connectivity index (χ0) is 24.3. The van der Waals surface area contributed by atoms with Gasteiger partial charge in [-0.3, -0.25) is 9.59 Å². The Balaban J connectivity index is 1.91. The molecule has 0 saturated heterocycles. The second-order valence-corrected chi connectivity index (χ2v) is 10.9. The summed E-state index contributed by atoms with van der Waals surface area (Å²) in [6.45, 7) is 4.63. The Morgan fingerprint density at radius 3 is 2.52 bits per heavy atom. The number of pyridine rings is 1. The number of thiophene rings is 1. The number of ether oxygens (including phenoxy) is 1. The number of sulfone groups is 1. The minimum Gasteiger partial charge on any atom is -0.462 e. The van der Waals surface area contributed by atoms with E-state index >= 15 is 0 Å². The standard InChI is InChI=1S/C22H21ClN2O6S2/c1-4-31-22(28)15-6-5-7-16(11-15)24-18(26)12-25-14(3)10-13(2)20(21(25)27)33(29,30)19-9-8-17(23)32-19/h5-11H,4,12H2,1-3H3,(H,24,26). The highest BCUT2D eigenvalue weighted by Gasteiger charge is 2.27. The fourth-order valence-corrected chi connectivity index (χ4v) is 6.40. The van der Waals surface area contributed by atoms with Crippen LogP contribution in [0.3, 0.4) is 0 Å². The van der Waals surface area contributed by atoms with E-state index in [1.54, 1.807) is 32.0 Å². The van der Waals surface area contributed by atoms with Gasteiger partial charge in [-0.15, -0.1) is 11.3 Å². The monoisotopic (exact) mass is 508 g/mol. The van der Waals surface area contributed by atoms with Gasteiger partial charge in [0.25, 0.3) is 5.56 Å². The molecule has 2 aromatic heterocycles. The van der Waals surface area contributed by atoms with Crippen molar-refractivity contribution in [1.29, 1.82) is 0 Å². The third-order valence-electron chi connectivity index (χ3n) is 4.69. The molecular weight excluding hydrogens is 488 g/mol. The van der Waals surface area contributed by atoms with Gasteiger partial charge >= 0.3 is 5.97 Å². The maximum Gasteiger partial charge on any atom is 0.338 e. The van der Waals surface area contributed by atoms with Crippen molar-refractivity contribution in [3.63, 3.8) is 0 Å². The fourth-order valence-electron chi connectivity index (χ4n) is 3.26. The molecule has 8 nitrogen and oxygen atoms in total. The van der Waals surface area contributed by atoms with Gasteiger partial charge in [0.2, 0.25) is 15.7 Å². The van der Waals surface area contributed by atoms with Crippen LogP contribution in [0.1, 0.15) is 28.5 Å². The molecule has 0 aliphatic carbocycles. The molecule has 0 fully saturated rings. The van der Waals surface area contributed by atoms with Gasteiger partial charge in [0.05, 0.1) is 16.5 Å². The number of halogens is 1. The molecule has 0 aliphatic heterocycles. The molecule has 3 rings (SSSR count). The summed E-state index contributed by atoms with van der Waals surface area (Å²) >= 11 is 6.72. The van der Waals surface area contributed by atoms with Crippen molar-refractivity contribution in [1.82, 2.24) is 4.57 Å². The van der Waals surface area contributed by atoms with Gasteiger partial charge in [-0.1, -0.05) is 17.7 Å². The van der Waals surface area contributed by atoms with Gasteiger partial charge in [0, 0.05) is 11.4 Å². The summed E-state index contributed by atoms with van der Waals surface area (Å²) in [4.78, 5) is 37.3. The van der Waals surface area contributed by atoms with E-state index in [0.717, 1.165) is 15.9 Å². The van der Waals surface area contributed by atoms with E-state index in [1.165, 1.54) is 31.2 Å². The Labute approximate surface area is 199 Å². The number of carbonyl (C=O) groups is 2. The van der Waals surface area contributed by atoms with E-state index in [2.05, 4.69) is 5.32 Å². The van der Waals surface area contributed by atoms with Crippen molar-refractivity contribution < 1.29 is 22.7 Å². The Morgan fingerprint density at radius 1 is 1.15 bits per heavy atom. The third-order valence-corrected chi connectivity index (χ3v) is 8.32. The van der Waals surface area contributed by atoms with Crippen molar-refractivity contribution in [2.45, 2.75) is 36.4 Å². The number of amides is 1. The molecule has 174 valence electrons. The van der Waals surface area contributed by atoms with Crippen molar-refractivity contribution in [2.24, 2.45) is 0 Å². The Hall–Kier alpha value is -2.95. The van der Waals surface area contributed by atoms with Crippen LogP contribution < -0.4 is 10.9 Å². The molecule has 0 spiro atoms. The fraction of sp³-hybridized carbons (Fsp3) is 0.227. The maximum atomic E-state index is 13.2. The predicted molar refractivity (Wildman–Crippen MR) is 126 cm³/mol. The molecule has 0 radical (unpaired) electrons.